The first-order valence-electron chi connectivity index (χ1n) is 9.43. The summed E-state index contributed by atoms with van der Waals surface area (Å²) in [5.41, 5.74) is 1.50. The number of carbonyl (C=O) groups excluding carboxylic acids is 2. The van der Waals surface area contributed by atoms with Crippen molar-refractivity contribution in [3.8, 4) is 0 Å². The van der Waals surface area contributed by atoms with Gasteiger partial charge in [0.25, 0.3) is 12.4 Å². The van der Waals surface area contributed by atoms with Crippen molar-refractivity contribution in [2.45, 2.75) is 53.0 Å². The Hall–Kier alpha value is -2.38. The Morgan fingerprint density at radius 2 is 1.96 bits per heavy atom. The molecular weight excluding hydrogens is 348 g/mol. The van der Waals surface area contributed by atoms with E-state index in [1.807, 2.05) is 4.57 Å². The van der Waals surface area contributed by atoms with E-state index in [2.05, 4.69) is 36.4 Å². The van der Waals surface area contributed by atoms with Crippen LogP contribution in [0, 0.1) is 17.3 Å². The molecule has 1 unspecified atom stereocenters. The fourth-order valence-corrected chi connectivity index (χ4v) is 3.01. The van der Waals surface area contributed by atoms with Gasteiger partial charge in [-0.2, -0.15) is 0 Å². The van der Waals surface area contributed by atoms with Gasteiger partial charge >= 0.3 is 0 Å². The highest BCUT2D eigenvalue weighted by atomic mass is 16.3. The molecule has 1 atom stereocenters. The van der Waals surface area contributed by atoms with Crippen molar-refractivity contribution in [3.63, 3.8) is 0 Å². The molecule has 1 aliphatic carbocycles. The molecule has 0 bridgehead atoms. The SMILES string of the molecule is CC(C)(C)CNC(=O)c1ncn2c1CCC(C(=O)NCC1CC1)C2.O=CO. The van der Waals surface area contributed by atoms with Crippen LogP contribution in [0.4, 0.5) is 0 Å². The van der Waals surface area contributed by atoms with Crippen LogP contribution in [0.25, 0.3) is 0 Å². The molecule has 2 heterocycles. The summed E-state index contributed by atoms with van der Waals surface area (Å²) in [5.74, 6) is 0.700. The van der Waals surface area contributed by atoms with Crippen LogP contribution in [0.5, 0.6) is 0 Å². The smallest absolute Gasteiger partial charge is 0.290 e. The lowest BCUT2D eigenvalue weighted by atomic mass is 9.95. The van der Waals surface area contributed by atoms with Gasteiger partial charge in [0.1, 0.15) is 5.69 Å². The molecule has 0 radical (unpaired) electrons. The average Bonchev–Trinajstić information content (AvgIpc) is 3.34. The fourth-order valence-electron chi connectivity index (χ4n) is 3.01. The van der Waals surface area contributed by atoms with E-state index in [-0.39, 0.29) is 29.6 Å². The van der Waals surface area contributed by atoms with Gasteiger partial charge in [-0.15, -0.1) is 0 Å². The summed E-state index contributed by atoms with van der Waals surface area (Å²) in [7, 11) is 0. The van der Waals surface area contributed by atoms with Gasteiger partial charge in [-0.05, 0) is 37.0 Å². The lowest BCUT2D eigenvalue weighted by Gasteiger charge is -2.24. The minimum absolute atomic E-state index is 0.0177. The number of hydrogen-bond acceptors (Lipinski definition) is 4. The number of imidazole rings is 1. The molecule has 1 aromatic rings. The largest absolute Gasteiger partial charge is 0.483 e. The number of carboxylic acid groups (broad SMARTS) is 1. The maximum Gasteiger partial charge on any atom is 0.290 e. The van der Waals surface area contributed by atoms with Crippen LogP contribution in [0.1, 0.15) is 56.2 Å². The van der Waals surface area contributed by atoms with E-state index < -0.39 is 0 Å². The van der Waals surface area contributed by atoms with E-state index >= 15 is 0 Å². The molecule has 0 saturated heterocycles. The Morgan fingerprint density at radius 1 is 1.30 bits per heavy atom. The highest BCUT2D eigenvalue weighted by Gasteiger charge is 2.30. The van der Waals surface area contributed by atoms with Crippen LogP contribution in [0.15, 0.2) is 6.33 Å². The van der Waals surface area contributed by atoms with E-state index in [1.54, 1.807) is 6.33 Å². The molecule has 1 fully saturated rings. The Morgan fingerprint density at radius 3 is 2.56 bits per heavy atom. The zero-order chi connectivity index (χ0) is 20.0. The molecule has 8 heteroatoms. The average molecular weight is 378 g/mol. The number of aromatic nitrogens is 2. The molecule has 150 valence electrons. The molecule has 1 aliphatic heterocycles. The summed E-state index contributed by atoms with van der Waals surface area (Å²) in [6.07, 6.45) is 5.68. The van der Waals surface area contributed by atoms with Gasteiger partial charge < -0.3 is 20.3 Å². The van der Waals surface area contributed by atoms with Gasteiger partial charge in [-0.3, -0.25) is 14.4 Å². The molecule has 8 nitrogen and oxygen atoms in total. The number of hydrogen-bond donors (Lipinski definition) is 3. The van der Waals surface area contributed by atoms with Crippen molar-refractivity contribution in [2.24, 2.45) is 17.3 Å². The number of rotatable bonds is 5. The highest BCUT2D eigenvalue weighted by Crippen LogP contribution is 2.28. The van der Waals surface area contributed by atoms with E-state index in [4.69, 9.17) is 9.90 Å². The van der Waals surface area contributed by atoms with Crippen molar-refractivity contribution in [1.29, 1.82) is 0 Å². The quantitative estimate of drug-likeness (QED) is 0.671. The minimum atomic E-state index is -0.250. The van der Waals surface area contributed by atoms with Crippen molar-refractivity contribution < 1.29 is 19.5 Å². The number of fused-ring (bicyclic) bond motifs is 1. The van der Waals surface area contributed by atoms with Crippen LogP contribution in [0.2, 0.25) is 0 Å². The lowest BCUT2D eigenvalue weighted by Crippen LogP contribution is -2.37. The van der Waals surface area contributed by atoms with E-state index in [0.29, 0.717) is 24.7 Å². The van der Waals surface area contributed by atoms with Gasteiger partial charge in [-0.1, -0.05) is 20.8 Å². The van der Waals surface area contributed by atoms with Crippen LogP contribution < -0.4 is 10.6 Å². The van der Waals surface area contributed by atoms with Crippen LogP contribution in [-0.4, -0.2) is 46.0 Å². The van der Waals surface area contributed by atoms with Crippen LogP contribution >= 0.6 is 0 Å². The predicted octanol–water partition coefficient (Wildman–Crippen LogP) is 1.45. The Bertz CT molecular complexity index is 674. The number of carbonyl (C=O) groups is 3. The second-order valence-corrected chi connectivity index (χ2v) is 8.47. The predicted molar refractivity (Wildman–Crippen MR) is 100 cm³/mol. The van der Waals surface area contributed by atoms with Crippen molar-refractivity contribution in [3.05, 3.63) is 17.7 Å². The second-order valence-electron chi connectivity index (χ2n) is 8.47. The van der Waals surface area contributed by atoms with Gasteiger partial charge in [0.15, 0.2) is 0 Å². The van der Waals surface area contributed by atoms with Crippen LogP contribution in [0.3, 0.4) is 0 Å². The molecule has 1 aromatic heterocycles. The maximum atomic E-state index is 12.4. The third-order valence-corrected chi connectivity index (χ3v) is 4.72. The first-order valence-corrected chi connectivity index (χ1v) is 9.43. The molecular formula is C19H30N4O4. The summed E-state index contributed by atoms with van der Waals surface area (Å²) in [4.78, 5) is 37.3. The number of nitrogens with one attached hydrogen (secondary N) is 2. The molecule has 3 rings (SSSR count). The number of amides is 2. The first-order chi connectivity index (χ1) is 12.7. The minimum Gasteiger partial charge on any atom is -0.483 e. The molecule has 27 heavy (non-hydrogen) atoms. The summed E-state index contributed by atoms with van der Waals surface area (Å²) < 4.78 is 1.97. The van der Waals surface area contributed by atoms with E-state index in [9.17, 15) is 9.59 Å². The highest BCUT2D eigenvalue weighted by molar-refractivity contribution is 5.93. The first kappa shape index (κ1) is 20.9. The zero-order valence-electron chi connectivity index (χ0n) is 16.3. The molecule has 2 aliphatic rings. The van der Waals surface area contributed by atoms with E-state index in [0.717, 1.165) is 25.1 Å². The standard InChI is InChI=1S/C18H28N4O2.CH2O2/c1-18(2,3)10-20-17(24)15-14-7-6-13(9-22(14)11-21-15)16(23)19-8-12-4-5-12;2-1-3/h11-13H,4-10H2,1-3H3,(H,19,23)(H,20,24);1H,(H,2,3). The number of nitrogens with zero attached hydrogens (tertiary/aromatic N) is 2. The monoisotopic (exact) mass is 378 g/mol. The third kappa shape index (κ3) is 6.37. The van der Waals surface area contributed by atoms with Crippen LogP contribution in [-0.2, 0) is 22.6 Å². The molecule has 2 amide bonds. The van der Waals surface area contributed by atoms with Gasteiger partial charge in [0.05, 0.1) is 17.9 Å². The lowest BCUT2D eigenvalue weighted by molar-refractivity contribution is -0.126. The molecule has 0 aromatic carbocycles. The molecule has 3 N–H and O–H groups in total. The zero-order valence-corrected chi connectivity index (χ0v) is 16.3. The summed E-state index contributed by atoms with van der Waals surface area (Å²) in [6, 6.07) is 0. The topological polar surface area (TPSA) is 113 Å². The Balaban J connectivity index is 0.000000817. The van der Waals surface area contributed by atoms with Gasteiger partial charge in [-0.25, -0.2) is 4.98 Å². The second kappa shape index (κ2) is 9.01. The molecule has 1 saturated carbocycles. The van der Waals surface area contributed by atoms with E-state index in [1.165, 1.54) is 12.8 Å². The molecule has 0 spiro atoms. The summed E-state index contributed by atoms with van der Waals surface area (Å²) in [5, 5.41) is 12.9. The Kier molecular flexibility index (Phi) is 6.98. The van der Waals surface area contributed by atoms with Crippen molar-refractivity contribution >= 4 is 18.3 Å². The third-order valence-electron chi connectivity index (χ3n) is 4.72. The fraction of sp³-hybridized carbons (Fsp3) is 0.684. The van der Waals surface area contributed by atoms with Crippen molar-refractivity contribution in [1.82, 2.24) is 20.2 Å². The maximum absolute atomic E-state index is 12.4. The van der Waals surface area contributed by atoms with Gasteiger partial charge in [0, 0.05) is 19.6 Å². The van der Waals surface area contributed by atoms with Gasteiger partial charge in [0.2, 0.25) is 5.91 Å². The summed E-state index contributed by atoms with van der Waals surface area (Å²) >= 11 is 0. The van der Waals surface area contributed by atoms with Crippen molar-refractivity contribution in [2.75, 3.05) is 13.1 Å². The Labute approximate surface area is 159 Å². The summed E-state index contributed by atoms with van der Waals surface area (Å²) in [6.45, 7) is 8.05. The normalized spacial score (nSPS) is 18.6.